The van der Waals surface area contributed by atoms with E-state index in [9.17, 15) is 18.0 Å². The van der Waals surface area contributed by atoms with Crippen molar-refractivity contribution in [3.63, 3.8) is 0 Å². The van der Waals surface area contributed by atoms with Crippen LogP contribution in [0.3, 0.4) is 0 Å². The molecule has 0 fully saturated rings. The molecule has 0 saturated carbocycles. The van der Waals surface area contributed by atoms with Gasteiger partial charge in [0.1, 0.15) is 12.6 Å². The summed E-state index contributed by atoms with van der Waals surface area (Å²) >= 11 is 0. The Morgan fingerprint density at radius 2 is 1.43 bits per heavy atom. The largest absolute Gasteiger partial charge is 0.354 e. The maximum Gasteiger partial charge on any atom is 0.264 e. The molecule has 7 nitrogen and oxygen atoms in total. The van der Waals surface area contributed by atoms with Crippen LogP contribution in [0.5, 0.6) is 0 Å². The Kier molecular flexibility index (Phi) is 11.0. The van der Waals surface area contributed by atoms with Crippen LogP contribution in [0.25, 0.3) is 0 Å². The second-order valence-electron chi connectivity index (χ2n) is 11.5. The first-order chi connectivity index (χ1) is 21.1. The van der Waals surface area contributed by atoms with Gasteiger partial charge in [0.15, 0.2) is 0 Å². The minimum Gasteiger partial charge on any atom is -0.354 e. The monoisotopic (exact) mass is 611 g/mol. The molecule has 0 heterocycles. The maximum absolute atomic E-state index is 14.5. The Labute approximate surface area is 261 Å². The zero-order valence-corrected chi connectivity index (χ0v) is 26.6. The number of benzene rings is 4. The SMILES string of the molecule is Cc1cccc(N(CC(=O)N(Cc2ccccc2C)[C@@H](Cc2ccccc2)C(=O)NCC(C)C)S(=O)(=O)c2ccccc2)c1. The Balaban J connectivity index is 1.80. The van der Waals surface area contributed by atoms with Gasteiger partial charge in [-0.15, -0.1) is 0 Å². The number of sulfonamides is 1. The molecule has 8 heteroatoms. The van der Waals surface area contributed by atoms with E-state index in [1.165, 1.54) is 17.0 Å². The van der Waals surface area contributed by atoms with Crippen molar-refractivity contribution in [2.24, 2.45) is 5.92 Å². The number of hydrogen-bond donors (Lipinski definition) is 1. The molecule has 2 amide bonds. The number of nitrogens with one attached hydrogen (secondary N) is 1. The number of nitrogens with zero attached hydrogens (tertiary/aromatic N) is 2. The molecule has 0 unspecified atom stereocenters. The first kappa shape index (κ1) is 32.5. The van der Waals surface area contributed by atoms with Crippen molar-refractivity contribution >= 4 is 27.5 Å². The Bertz CT molecular complexity index is 1660. The fraction of sp³-hybridized carbons (Fsp3) is 0.278. The minimum absolute atomic E-state index is 0.0790. The number of rotatable bonds is 13. The molecule has 0 bridgehead atoms. The van der Waals surface area contributed by atoms with E-state index < -0.39 is 28.5 Å². The van der Waals surface area contributed by atoms with E-state index in [1.54, 1.807) is 36.4 Å². The summed E-state index contributed by atoms with van der Waals surface area (Å²) in [7, 11) is -4.12. The summed E-state index contributed by atoms with van der Waals surface area (Å²) in [6.45, 7) is 7.97. The predicted octanol–water partition coefficient (Wildman–Crippen LogP) is 5.91. The van der Waals surface area contributed by atoms with Gasteiger partial charge < -0.3 is 10.2 Å². The Hall–Kier alpha value is -4.43. The first-order valence-corrected chi connectivity index (χ1v) is 16.3. The summed E-state index contributed by atoms with van der Waals surface area (Å²) in [5.74, 6) is -0.544. The molecule has 1 N–H and O–H groups in total. The van der Waals surface area contributed by atoms with E-state index in [2.05, 4.69) is 5.32 Å². The highest BCUT2D eigenvalue weighted by Crippen LogP contribution is 2.26. The summed E-state index contributed by atoms with van der Waals surface area (Å²) in [4.78, 5) is 30.0. The van der Waals surface area contributed by atoms with E-state index >= 15 is 0 Å². The summed E-state index contributed by atoms with van der Waals surface area (Å²) in [5, 5.41) is 3.02. The third-order valence-electron chi connectivity index (χ3n) is 7.46. The number of amides is 2. The van der Waals surface area contributed by atoms with Crippen molar-refractivity contribution in [2.75, 3.05) is 17.4 Å². The normalized spacial score (nSPS) is 12.0. The molecule has 4 rings (SSSR count). The molecule has 0 spiro atoms. The van der Waals surface area contributed by atoms with E-state index in [-0.39, 0.29) is 29.7 Å². The lowest BCUT2D eigenvalue weighted by Crippen LogP contribution is -2.53. The number of hydrogen-bond acceptors (Lipinski definition) is 4. The molecule has 0 radical (unpaired) electrons. The van der Waals surface area contributed by atoms with Gasteiger partial charge in [0.25, 0.3) is 10.0 Å². The van der Waals surface area contributed by atoms with E-state index in [1.807, 2.05) is 88.4 Å². The molecular weight excluding hydrogens is 570 g/mol. The van der Waals surface area contributed by atoms with Crippen molar-refractivity contribution in [2.45, 2.75) is 51.6 Å². The van der Waals surface area contributed by atoms with Crippen LogP contribution < -0.4 is 9.62 Å². The predicted molar refractivity (Wildman–Crippen MR) is 176 cm³/mol. The average Bonchev–Trinajstić information content (AvgIpc) is 3.02. The van der Waals surface area contributed by atoms with Crippen LogP contribution in [0, 0.1) is 19.8 Å². The van der Waals surface area contributed by atoms with Crippen LogP contribution >= 0.6 is 0 Å². The summed E-state index contributed by atoms with van der Waals surface area (Å²) in [6.07, 6.45) is 0.276. The van der Waals surface area contributed by atoms with Gasteiger partial charge in [-0.1, -0.05) is 98.8 Å². The van der Waals surface area contributed by atoms with Crippen molar-refractivity contribution < 1.29 is 18.0 Å². The average molecular weight is 612 g/mol. The fourth-order valence-corrected chi connectivity index (χ4v) is 6.41. The van der Waals surface area contributed by atoms with Crippen LogP contribution in [-0.2, 0) is 32.6 Å². The summed E-state index contributed by atoms with van der Waals surface area (Å²) in [5.41, 5.74) is 3.98. The van der Waals surface area contributed by atoms with Gasteiger partial charge in [-0.2, -0.15) is 0 Å². The molecule has 230 valence electrons. The highest BCUT2D eigenvalue weighted by atomic mass is 32.2. The van der Waals surface area contributed by atoms with Crippen molar-refractivity contribution in [1.29, 1.82) is 0 Å². The highest BCUT2D eigenvalue weighted by Gasteiger charge is 2.34. The van der Waals surface area contributed by atoms with E-state index in [0.29, 0.717) is 12.2 Å². The highest BCUT2D eigenvalue weighted by molar-refractivity contribution is 7.92. The second kappa shape index (κ2) is 14.8. The van der Waals surface area contributed by atoms with Crippen molar-refractivity contribution in [3.05, 3.63) is 131 Å². The van der Waals surface area contributed by atoms with Crippen LogP contribution in [0.15, 0.2) is 114 Å². The third-order valence-corrected chi connectivity index (χ3v) is 9.25. The minimum atomic E-state index is -4.12. The van der Waals surface area contributed by atoms with Gasteiger partial charge in [0.2, 0.25) is 11.8 Å². The molecule has 4 aromatic carbocycles. The van der Waals surface area contributed by atoms with Crippen LogP contribution in [0.1, 0.15) is 36.1 Å². The van der Waals surface area contributed by atoms with Crippen molar-refractivity contribution in [1.82, 2.24) is 10.2 Å². The van der Waals surface area contributed by atoms with Crippen LogP contribution in [0.4, 0.5) is 5.69 Å². The zero-order chi connectivity index (χ0) is 31.7. The number of aryl methyl sites for hydroxylation is 2. The number of carbonyl (C=O) groups is 2. The summed E-state index contributed by atoms with van der Waals surface area (Å²) in [6, 6.07) is 31.6. The molecule has 0 aliphatic rings. The van der Waals surface area contributed by atoms with E-state index in [0.717, 1.165) is 26.6 Å². The fourth-order valence-electron chi connectivity index (χ4n) is 4.98. The van der Waals surface area contributed by atoms with Gasteiger partial charge in [0, 0.05) is 19.5 Å². The first-order valence-electron chi connectivity index (χ1n) is 14.9. The Morgan fingerprint density at radius 3 is 2.07 bits per heavy atom. The molecule has 0 aliphatic carbocycles. The third kappa shape index (κ3) is 8.35. The quantitative estimate of drug-likeness (QED) is 0.204. The zero-order valence-electron chi connectivity index (χ0n) is 25.8. The lowest BCUT2D eigenvalue weighted by Gasteiger charge is -2.34. The van der Waals surface area contributed by atoms with Gasteiger partial charge in [-0.05, 0) is 66.3 Å². The van der Waals surface area contributed by atoms with Crippen LogP contribution in [0.2, 0.25) is 0 Å². The molecule has 4 aromatic rings. The molecule has 0 aromatic heterocycles. The van der Waals surface area contributed by atoms with Gasteiger partial charge in [-0.25, -0.2) is 8.42 Å². The lowest BCUT2D eigenvalue weighted by molar-refractivity contribution is -0.140. The maximum atomic E-state index is 14.5. The lowest BCUT2D eigenvalue weighted by atomic mass is 10.0. The standard InChI is InChI=1S/C36H41N3O4S/c1-27(2)24-37-36(41)34(23-30-16-7-5-8-17-30)38(25-31-18-12-11-15-29(31)4)35(40)26-39(32-19-13-14-28(3)22-32)44(42,43)33-20-9-6-10-21-33/h5-22,27,34H,23-26H2,1-4H3,(H,37,41)/t34-/m0/s1. The molecule has 0 aliphatic heterocycles. The van der Waals surface area contributed by atoms with E-state index in [4.69, 9.17) is 0 Å². The van der Waals surface area contributed by atoms with Crippen LogP contribution in [-0.4, -0.2) is 44.3 Å². The molecule has 44 heavy (non-hydrogen) atoms. The number of anilines is 1. The molecule has 1 atom stereocenters. The second-order valence-corrected chi connectivity index (χ2v) is 13.3. The Morgan fingerprint density at radius 1 is 0.795 bits per heavy atom. The molecule has 0 saturated heterocycles. The smallest absolute Gasteiger partial charge is 0.264 e. The van der Waals surface area contributed by atoms with Gasteiger partial charge in [-0.3, -0.25) is 13.9 Å². The topological polar surface area (TPSA) is 86.8 Å². The molecular formula is C36H41N3O4S. The van der Waals surface area contributed by atoms with Gasteiger partial charge in [0.05, 0.1) is 10.6 Å². The van der Waals surface area contributed by atoms with Crippen molar-refractivity contribution in [3.8, 4) is 0 Å². The summed E-state index contributed by atoms with van der Waals surface area (Å²) < 4.78 is 29.3. The number of carbonyl (C=O) groups excluding carboxylic acids is 2. The van der Waals surface area contributed by atoms with Gasteiger partial charge >= 0.3 is 0 Å².